The summed E-state index contributed by atoms with van der Waals surface area (Å²) in [5, 5.41) is 11.0. The number of carbonyl (C=O) groups excluding carboxylic acids is 2. The van der Waals surface area contributed by atoms with E-state index in [2.05, 4.69) is 10.6 Å². The standard InChI is InChI=1S/C29H37N5O3/c1-20(2)33(29(36)30-23-13-9-6-10-14-23)19-26(35)31-28-27(22-11-7-5-8-12-22)21(3)32-34(28)24-15-17-25(37-4)18-16-24/h5,7-8,11-12,15-18,20,23H,6,9-10,13-14,19H2,1-4H3,(H,30,36)(H,31,35). The fraction of sp³-hybridized carbons (Fsp3) is 0.414. The highest BCUT2D eigenvalue weighted by molar-refractivity contribution is 5.98. The number of nitrogens with zero attached hydrogens (tertiary/aromatic N) is 3. The number of amides is 3. The number of ether oxygens (including phenoxy) is 1. The smallest absolute Gasteiger partial charge is 0.318 e. The highest BCUT2D eigenvalue weighted by Gasteiger charge is 2.26. The first-order valence-corrected chi connectivity index (χ1v) is 13.0. The van der Waals surface area contributed by atoms with Gasteiger partial charge in [-0.25, -0.2) is 9.48 Å². The summed E-state index contributed by atoms with van der Waals surface area (Å²) < 4.78 is 7.03. The molecule has 2 N–H and O–H groups in total. The Morgan fingerprint density at radius 3 is 2.35 bits per heavy atom. The van der Waals surface area contributed by atoms with Crippen molar-refractivity contribution in [3.05, 3.63) is 60.3 Å². The van der Waals surface area contributed by atoms with Crippen LogP contribution in [0.15, 0.2) is 54.6 Å². The number of urea groups is 1. The molecule has 196 valence electrons. The average molecular weight is 504 g/mol. The molecule has 0 atom stereocenters. The fourth-order valence-corrected chi connectivity index (χ4v) is 4.82. The number of hydrogen-bond acceptors (Lipinski definition) is 4. The lowest BCUT2D eigenvalue weighted by Crippen LogP contribution is -2.50. The number of anilines is 1. The topological polar surface area (TPSA) is 88.5 Å². The molecule has 1 aliphatic rings. The van der Waals surface area contributed by atoms with Crippen LogP contribution in [0.3, 0.4) is 0 Å². The summed E-state index contributed by atoms with van der Waals surface area (Å²) in [7, 11) is 1.62. The number of aryl methyl sites for hydroxylation is 1. The van der Waals surface area contributed by atoms with Gasteiger partial charge < -0.3 is 20.3 Å². The van der Waals surface area contributed by atoms with Crippen LogP contribution < -0.4 is 15.4 Å². The van der Waals surface area contributed by atoms with Crippen LogP contribution in [-0.2, 0) is 4.79 Å². The molecule has 3 amide bonds. The second-order valence-corrected chi connectivity index (χ2v) is 9.84. The summed E-state index contributed by atoms with van der Waals surface area (Å²) in [6.07, 6.45) is 5.46. The van der Waals surface area contributed by atoms with E-state index in [1.165, 1.54) is 6.42 Å². The lowest BCUT2D eigenvalue weighted by Gasteiger charge is -2.30. The van der Waals surface area contributed by atoms with Crippen molar-refractivity contribution in [2.75, 3.05) is 19.0 Å². The Labute approximate surface area is 219 Å². The van der Waals surface area contributed by atoms with Gasteiger partial charge in [-0.1, -0.05) is 49.6 Å². The van der Waals surface area contributed by atoms with Crippen molar-refractivity contribution >= 4 is 17.8 Å². The van der Waals surface area contributed by atoms with Crippen molar-refractivity contribution in [1.29, 1.82) is 0 Å². The minimum Gasteiger partial charge on any atom is -0.497 e. The second-order valence-electron chi connectivity index (χ2n) is 9.84. The Hall–Kier alpha value is -3.81. The maximum Gasteiger partial charge on any atom is 0.318 e. The fourth-order valence-electron chi connectivity index (χ4n) is 4.82. The summed E-state index contributed by atoms with van der Waals surface area (Å²) in [5.41, 5.74) is 3.36. The van der Waals surface area contributed by atoms with Gasteiger partial charge in [0.15, 0.2) is 0 Å². The van der Waals surface area contributed by atoms with Crippen molar-refractivity contribution in [1.82, 2.24) is 20.0 Å². The molecule has 1 saturated carbocycles. The third-order valence-corrected chi connectivity index (χ3v) is 6.83. The summed E-state index contributed by atoms with van der Waals surface area (Å²) >= 11 is 0. The average Bonchev–Trinajstić information content (AvgIpc) is 3.23. The Morgan fingerprint density at radius 2 is 1.73 bits per heavy atom. The van der Waals surface area contributed by atoms with Crippen LogP contribution >= 0.6 is 0 Å². The summed E-state index contributed by atoms with van der Waals surface area (Å²) in [4.78, 5) is 28.1. The van der Waals surface area contributed by atoms with Crippen molar-refractivity contribution in [2.24, 2.45) is 0 Å². The van der Waals surface area contributed by atoms with Crippen LogP contribution in [-0.4, -0.2) is 52.4 Å². The van der Waals surface area contributed by atoms with E-state index >= 15 is 0 Å². The van der Waals surface area contributed by atoms with Gasteiger partial charge in [0.1, 0.15) is 18.1 Å². The Morgan fingerprint density at radius 1 is 1.05 bits per heavy atom. The summed E-state index contributed by atoms with van der Waals surface area (Å²) in [6, 6.07) is 17.2. The molecule has 0 saturated heterocycles. The maximum absolute atomic E-state index is 13.4. The van der Waals surface area contributed by atoms with Crippen LogP contribution in [0, 0.1) is 6.92 Å². The SMILES string of the molecule is COc1ccc(-n2nc(C)c(-c3ccccc3)c2NC(=O)CN(C(=O)NC2CCCCC2)C(C)C)cc1. The van der Waals surface area contributed by atoms with Crippen molar-refractivity contribution in [2.45, 2.75) is 65.0 Å². The second kappa shape index (κ2) is 12.0. The van der Waals surface area contributed by atoms with E-state index in [1.807, 2.05) is 75.4 Å². The van der Waals surface area contributed by atoms with E-state index in [9.17, 15) is 9.59 Å². The molecule has 1 fully saturated rings. The van der Waals surface area contributed by atoms with Gasteiger partial charge >= 0.3 is 6.03 Å². The lowest BCUT2D eigenvalue weighted by molar-refractivity contribution is -0.117. The molecule has 4 rings (SSSR count). The van der Waals surface area contributed by atoms with E-state index in [0.29, 0.717) is 5.82 Å². The predicted octanol–water partition coefficient (Wildman–Crippen LogP) is 5.55. The van der Waals surface area contributed by atoms with E-state index in [0.717, 1.165) is 53.9 Å². The van der Waals surface area contributed by atoms with E-state index in [4.69, 9.17) is 9.84 Å². The molecule has 37 heavy (non-hydrogen) atoms. The maximum atomic E-state index is 13.4. The van der Waals surface area contributed by atoms with Crippen LogP contribution in [0.4, 0.5) is 10.6 Å². The van der Waals surface area contributed by atoms with Crippen molar-refractivity contribution in [3.63, 3.8) is 0 Å². The summed E-state index contributed by atoms with van der Waals surface area (Å²) in [5.74, 6) is 1.02. The first-order valence-electron chi connectivity index (χ1n) is 13.0. The molecule has 1 aromatic heterocycles. The number of rotatable bonds is 8. The van der Waals surface area contributed by atoms with Gasteiger partial charge in [-0.05, 0) is 63.4 Å². The van der Waals surface area contributed by atoms with Gasteiger partial charge in [-0.3, -0.25) is 4.79 Å². The number of nitrogens with one attached hydrogen (secondary N) is 2. The van der Waals surface area contributed by atoms with E-state index < -0.39 is 0 Å². The Kier molecular flexibility index (Phi) is 8.48. The molecule has 8 heteroatoms. The zero-order valence-corrected chi connectivity index (χ0v) is 22.2. The van der Waals surface area contributed by atoms with E-state index in [1.54, 1.807) is 16.7 Å². The van der Waals surface area contributed by atoms with Gasteiger partial charge in [0.25, 0.3) is 0 Å². The van der Waals surface area contributed by atoms with Gasteiger partial charge in [0, 0.05) is 17.6 Å². The van der Waals surface area contributed by atoms with Crippen LogP contribution in [0.5, 0.6) is 5.75 Å². The highest BCUT2D eigenvalue weighted by Crippen LogP contribution is 2.33. The highest BCUT2D eigenvalue weighted by atomic mass is 16.5. The molecule has 0 spiro atoms. The number of hydrogen-bond donors (Lipinski definition) is 2. The van der Waals surface area contributed by atoms with Crippen molar-refractivity contribution < 1.29 is 14.3 Å². The Bertz CT molecular complexity index is 1200. The Balaban J connectivity index is 1.61. The number of aromatic nitrogens is 2. The van der Waals surface area contributed by atoms with Crippen molar-refractivity contribution in [3.8, 4) is 22.6 Å². The van der Waals surface area contributed by atoms with Crippen LogP contribution in [0.2, 0.25) is 0 Å². The molecule has 8 nitrogen and oxygen atoms in total. The predicted molar refractivity (Wildman–Crippen MR) is 146 cm³/mol. The molecule has 1 heterocycles. The minimum atomic E-state index is -0.278. The third kappa shape index (κ3) is 6.31. The molecule has 3 aromatic rings. The number of benzene rings is 2. The largest absolute Gasteiger partial charge is 0.497 e. The summed E-state index contributed by atoms with van der Waals surface area (Å²) in [6.45, 7) is 5.72. The number of methoxy groups -OCH3 is 1. The normalized spacial score (nSPS) is 13.9. The van der Waals surface area contributed by atoms with Gasteiger partial charge in [-0.2, -0.15) is 5.10 Å². The van der Waals surface area contributed by atoms with Gasteiger partial charge in [-0.15, -0.1) is 0 Å². The molecule has 0 radical (unpaired) electrons. The molecular formula is C29H37N5O3. The molecule has 0 bridgehead atoms. The quantitative estimate of drug-likeness (QED) is 0.422. The molecule has 0 unspecified atom stereocenters. The molecule has 2 aromatic carbocycles. The first-order chi connectivity index (χ1) is 17.9. The first kappa shape index (κ1) is 26.3. The van der Waals surface area contributed by atoms with Crippen LogP contribution in [0.1, 0.15) is 51.6 Å². The van der Waals surface area contributed by atoms with Gasteiger partial charge in [0.2, 0.25) is 5.91 Å². The third-order valence-electron chi connectivity index (χ3n) is 6.83. The zero-order valence-electron chi connectivity index (χ0n) is 22.2. The minimum absolute atomic E-state index is 0.0582. The molecule has 0 aliphatic heterocycles. The molecular weight excluding hydrogens is 466 g/mol. The zero-order chi connectivity index (χ0) is 26.4. The molecule has 1 aliphatic carbocycles. The van der Waals surface area contributed by atoms with E-state index in [-0.39, 0.29) is 30.6 Å². The number of carbonyl (C=O) groups is 2. The monoisotopic (exact) mass is 503 g/mol. The van der Waals surface area contributed by atoms with Crippen LogP contribution in [0.25, 0.3) is 16.8 Å². The van der Waals surface area contributed by atoms with Gasteiger partial charge in [0.05, 0.1) is 18.5 Å². The lowest BCUT2D eigenvalue weighted by atomic mass is 9.96.